The Hall–Kier alpha value is -2.48. The number of hydrogen-bond donors (Lipinski definition) is 2. The van der Waals surface area contributed by atoms with Crippen LogP contribution in [0.15, 0.2) is 35.6 Å². The Morgan fingerprint density at radius 3 is 3.00 bits per heavy atom. The first-order valence-electron chi connectivity index (χ1n) is 7.97. The van der Waals surface area contributed by atoms with Gasteiger partial charge in [0.2, 0.25) is 0 Å². The molecule has 8 heteroatoms. The minimum absolute atomic E-state index is 0.679. The second kappa shape index (κ2) is 7.87. The molecule has 0 aliphatic heterocycles. The Morgan fingerprint density at radius 2 is 2.21 bits per heavy atom. The van der Waals surface area contributed by atoms with Crippen LogP contribution in [-0.4, -0.2) is 39.1 Å². The zero-order valence-electron chi connectivity index (χ0n) is 13.9. The van der Waals surface area contributed by atoms with E-state index in [1.165, 1.54) is 4.88 Å². The molecule has 3 heterocycles. The maximum atomic E-state index is 4.40. The molecule has 0 aliphatic rings. The van der Waals surface area contributed by atoms with Crippen molar-refractivity contribution >= 4 is 22.9 Å². The van der Waals surface area contributed by atoms with Crippen molar-refractivity contribution in [2.24, 2.45) is 4.99 Å². The summed E-state index contributed by atoms with van der Waals surface area (Å²) >= 11 is 1.73. The molecule has 3 rings (SSSR count). The summed E-state index contributed by atoms with van der Waals surface area (Å²) in [4.78, 5) is 9.94. The van der Waals surface area contributed by atoms with Crippen LogP contribution in [0.5, 0.6) is 0 Å². The van der Waals surface area contributed by atoms with Crippen LogP contribution in [0.1, 0.15) is 22.6 Å². The van der Waals surface area contributed by atoms with Gasteiger partial charge in [0.25, 0.3) is 0 Å². The molecule has 24 heavy (non-hydrogen) atoms. The number of thiazole rings is 1. The van der Waals surface area contributed by atoms with E-state index in [4.69, 9.17) is 0 Å². The predicted octanol–water partition coefficient (Wildman–Crippen LogP) is 1.66. The first-order valence-corrected chi connectivity index (χ1v) is 8.78. The predicted molar refractivity (Wildman–Crippen MR) is 96.4 cm³/mol. The molecule has 7 nitrogen and oxygen atoms in total. The topological polar surface area (TPSA) is 79.5 Å². The summed E-state index contributed by atoms with van der Waals surface area (Å²) in [5.41, 5.74) is 0.866. The highest BCUT2D eigenvalue weighted by molar-refractivity contribution is 7.11. The standard InChI is InChI=1S/C16H21N7S/c1-3-12-10-19-15(24-12)11-20-16(17-2)18-8-7-14-22-21-13-6-4-5-9-23(13)14/h4-6,9-10H,3,7-8,11H2,1-2H3,(H2,17,18,20). The highest BCUT2D eigenvalue weighted by Crippen LogP contribution is 2.12. The molecular weight excluding hydrogens is 322 g/mol. The van der Waals surface area contributed by atoms with E-state index in [0.717, 1.165) is 41.8 Å². The van der Waals surface area contributed by atoms with Gasteiger partial charge >= 0.3 is 0 Å². The van der Waals surface area contributed by atoms with Crippen LogP contribution in [0.3, 0.4) is 0 Å². The van der Waals surface area contributed by atoms with E-state index in [-0.39, 0.29) is 0 Å². The molecule has 3 aromatic heterocycles. The number of aryl methyl sites for hydroxylation is 1. The van der Waals surface area contributed by atoms with Crippen molar-refractivity contribution < 1.29 is 0 Å². The van der Waals surface area contributed by atoms with Crippen LogP contribution in [0, 0.1) is 0 Å². The van der Waals surface area contributed by atoms with Gasteiger partial charge in [-0.1, -0.05) is 13.0 Å². The lowest BCUT2D eigenvalue weighted by molar-refractivity contribution is 0.759. The van der Waals surface area contributed by atoms with E-state index in [1.807, 2.05) is 35.0 Å². The minimum Gasteiger partial charge on any atom is -0.356 e. The fraction of sp³-hybridized carbons (Fsp3) is 0.375. The summed E-state index contributed by atoms with van der Waals surface area (Å²) in [6.45, 7) is 3.55. The third-order valence-corrected chi connectivity index (χ3v) is 4.75. The molecule has 0 saturated carbocycles. The molecular formula is C16H21N7S. The summed E-state index contributed by atoms with van der Waals surface area (Å²) in [5, 5.41) is 16.0. The fourth-order valence-electron chi connectivity index (χ4n) is 2.33. The van der Waals surface area contributed by atoms with Crippen molar-refractivity contribution in [3.05, 3.63) is 46.3 Å². The number of guanidine groups is 1. The molecule has 0 fully saturated rings. The number of fused-ring (bicyclic) bond motifs is 1. The van der Waals surface area contributed by atoms with Crippen LogP contribution in [0.4, 0.5) is 0 Å². The van der Waals surface area contributed by atoms with Gasteiger partial charge in [-0.05, 0) is 18.6 Å². The van der Waals surface area contributed by atoms with Gasteiger partial charge in [-0.15, -0.1) is 21.5 Å². The lowest BCUT2D eigenvalue weighted by Gasteiger charge is -2.10. The second-order valence-electron chi connectivity index (χ2n) is 5.22. The maximum Gasteiger partial charge on any atom is 0.191 e. The molecule has 0 saturated heterocycles. The van der Waals surface area contributed by atoms with Gasteiger partial charge < -0.3 is 10.6 Å². The normalized spacial score (nSPS) is 11.8. The Morgan fingerprint density at radius 1 is 1.29 bits per heavy atom. The van der Waals surface area contributed by atoms with Crippen LogP contribution in [-0.2, 0) is 19.4 Å². The Labute approximate surface area is 144 Å². The van der Waals surface area contributed by atoms with Gasteiger partial charge in [-0.2, -0.15) is 0 Å². The molecule has 0 atom stereocenters. The first kappa shape index (κ1) is 16.4. The van der Waals surface area contributed by atoms with E-state index < -0.39 is 0 Å². The van der Waals surface area contributed by atoms with E-state index in [1.54, 1.807) is 18.4 Å². The van der Waals surface area contributed by atoms with Gasteiger partial charge in [-0.3, -0.25) is 9.39 Å². The molecule has 0 radical (unpaired) electrons. The van der Waals surface area contributed by atoms with Gasteiger partial charge in [0, 0.05) is 37.3 Å². The molecule has 0 amide bonds. The molecule has 2 N–H and O–H groups in total. The molecule has 126 valence electrons. The third-order valence-electron chi connectivity index (χ3n) is 3.61. The van der Waals surface area contributed by atoms with Crippen molar-refractivity contribution in [2.75, 3.05) is 13.6 Å². The number of aliphatic imine (C=N–C) groups is 1. The number of nitrogens with zero attached hydrogens (tertiary/aromatic N) is 5. The van der Waals surface area contributed by atoms with E-state index >= 15 is 0 Å². The van der Waals surface area contributed by atoms with Crippen molar-refractivity contribution in [3.63, 3.8) is 0 Å². The van der Waals surface area contributed by atoms with Crippen LogP contribution < -0.4 is 10.6 Å². The Bertz CT molecular complexity index is 821. The van der Waals surface area contributed by atoms with Crippen LogP contribution in [0.25, 0.3) is 5.65 Å². The highest BCUT2D eigenvalue weighted by Gasteiger charge is 2.06. The molecule has 0 unspecified atom stereocenters. The third kappa shape index (κ3) is 3.88. The van der Waals surface area contributed by atoms with Crippen molar-refractivity contribution in [2.45, 2.75) is 26.3 Å². The average Bonchev–Trinajstić information content (AvgIpc) is 3.25. The Balaban J connectivity index is 1.49. The first-order chi connectivity index (χ1) is 11.8. The minimum atomic E-state index is 0.679. The number of aromatic nitrogens is 4. The number of nitrogens with one attached hydrogen (secondary N) is 2. The Kier molecular flexibility index (Phi) is 5.37. The zero-order chi connectivity index (χ0) is 16.8. The summed E-state index contributed by atoms with van der Waals surface area (Å²) in [5.74, 6) is 1.69. The summed E-state index contributed by atoms with van der Waals surface area (Å²) in [7, 11) is 1.77. The molecule has 0 spiro atoms. The van der Waals surface area contributed by atoms with Crippen molar-refractivity contribution in [1.29, 1.82) is 0 Å². The maximum absolute atomic E-state index is 4.40. The zero-order valence-corrected chi connectivity index (χ0v) is 14.7. The molecule has 0 bridgehead atoms. The molecule has 3 aromatic rings. The van der Waals surface area contributed by atoms with E-state index in [0.29, 0.717) is 6.54 Å². The number of hydrogen-bond acceptors (Lipinski definition) is 5. The summed E-state index contributed by atoms with van der Waals surface area (Å²) < 4.78 is 2.00. The average molecular weight is 343 g/mol. The summed E-state index contributed by atoms with van der Waals surface area (Å²) in [6, 6.07) is 5.88. The lowest BCUT2D eigenvalue weighted by atomic mass is 10.4. The van der Waals surface area contributed by atoms with Crippen molar-refractivity contribution in [1.82, 2.24) is 30.2 Å². The quantitative estimate of drug-likeness (QED) is 0.526. The van der Waals surface area contributed by atoms with E-state index in [2.05, 4.69) is 37.7 Å². The molecule has 0 aliphatic carbocycles. The number of rotatable bonds is 6. The largest absolute Gasteiger partial charge is 0.356 e. The van der Waals surface area contributed by atoms with Gasteiger partial charge in [0.1, 0.15) is 10.8 Å². The van der Waals surface area contributed by atoms with Gasteiger partial charge in [0.15, 0.2) is 11.6 Å². The SMILES string of the molecule is CCc1cnc(CNC(=NC)NCCc2nnc3ccccn23)s1. The molecule has 0 aromatic carbocycles. The fourth-order valence-corrected chi connectivity index (χ4v) is 3.13. The highest BCUT2D eigenvalue weighted by atomic mass is 32.1. The van der Waals surface area contributed by atoms with Gasteiger partial charge in [0.05, 0.1) is 6.54 Å². The van der Waals surface area contributed by atoms with E-state index in [9.17, 15) is 0 Å². The smallest absolute Gasteiger partial charge is 0.191 e. The number of pyridine rings is 1. The second-order valence-corrected chi connectivity index (χ2v) is 6.42. The van der Waals surface area contributed by atoms with Crippen LogP contribution in [0.2, 0.25) is 0 Å². The monoisotopic (exact) mass is 343 g/mol. The van der Waals surface area contributed by atoms with Crippen LogP contribution >= 0.6 is 11.3 Å². The summed E-state index contributed by atoms with van der Waals surface area (Å²) in [6.07, 6.45) is 5.71. The lowest BCUT2D eigenvalue weighted by Crippen LogP contribution is -2.38. The van der Waals surface area contributed by atoms with Gasteiger partial charge in [-0.25, -0.2) is 4.98 Å². The van der Waals surface area contributed by atoms with Crippen molar-refractivity contribution in [3.8, 4) is 0 Å².